The fourth-order valence-corrected chi connectivity index (χ4v) is 2.24. The van der Waals surface area contributed by atoms with Gasteiger partial charge in [-0.3, -0.25) is 4.79 Å². The molecule has 1 heterocycles. The Morgan fingerprint density at radius 3 is 2.65 bits per heavy atom. The summed E-state index contributed by atoms with van der Waals surface area (Å²) >= 11 is 0. The molecule has 4 atom stereocenters. The number of nitrogens with one attached hydrogen (secondary N) is 2. The molecule has 0 radical (unpaired) electrons. The number of carboxylic acids is 1. The Labute approximate surface area is 98.7 Å². The number of carbonyl (C=O) groups excluding carboxylic acids is 1. The summed E-state index contributed by atoms with van der Waals surface area (Å²) in [6, 6.07) is -0.507. The Kier molecular flexibility index (Phi) is 2.92. The molecule has 1 saturated heterocycles. The van der Waals surface area contributed by atoms with Gasteiger partial charge >= 0.3 is 5.97 Å². The molecule has 1 saturated carbocycles. The van der Waals surface area contributed by atoms with Gasteiger partial charge in [-0.25, -0.2) is 4.79 Å². The molecule has 0 bridgehead atoms. The molecule has 1 aliphatic heterocycles. The predicted molar refractivity (Wildman–Crippen MR) is 59.2 cm³/mol. The van der Waals surface area contributed by atoms with E-state index in [1.807, 2.05) is 0 Å². The first kappa shape index (κ1) is 12.1. The van der Waals surface area contributed by atoms with E-state index in [4.69, 9.17) is 5.11 Å². The lowest BCUT2D eigenvalue weighted by Crippen LogP contribution is -2.51. The van der Waals surface area contributed by atoms with E-state index in [0.717, 1.165) is 0 Å². The summed E-state index contributed by atoms with van der Waals surface area (Å²) in [5.74, 6) is -1.61. The second-order valence-corrected chi connectivity index (χ2v) is 4.66. The van der Waals surface area contributed by atoms with Crippen molar-refractivity contribution in [1.82, 2.24) is 10.6 Å². The van der Waals surface area contributed by atoms with Gasteiger partial charge in [0.25, 0.3) is 0 Å². The fraction of sp³-hybridized carbons (Fsp3) is 0.636. The largest absolute Gasteiger partial charge is 0.479 e. The molecule has 1 amide bonds. The number of carbonyl (C=O) groups is 2. The monoisotopic (exact) mass is 240 g/mol. The maximum absolute atomic E-state index is 11.8. The van der Waals surface area contributed by atoms with Crippen LogP contribution in [0, 0.1) is 5.92 Å². The summed E-state index contributed by atoms with van der Waals surface area (Å²) in [5, 5.41) is 23.8. The quantitative estimate of drug-likeness (QED) is 0.465. The molecule has 6 heteroatoms. The van der Waals surface area contributed by atoms with Crippen LogP contribution in [-0.4, -0.2) is 46.3 Å². The number of aliphatic carboxylic acids is 1. The highest BCUT2D eigenvalue weighted by atomic mass is 16.4. The molecule has 6 nitrogen and oxygen atoms in total. The van der Waals surface area contributed by atoms with Crippen LogP contribution in [0.4, 0.5) is 0 Å². The fourth-order valence-electron chi connectivity index (χ4n) is 2.24. The van der Waals surface area contributed by atoms with E-state index in [-0.39, 0.29) is 11.8 Å². The van der Waals surface area contributed by atoms with E-state index >= 15 is 0 Å². The van der Waals surface area contributed by atoms with Crippen molar-refractivity contribution >= 4 is 11.9 Å². The van der Waals surface area contributed by atoms with Crippen LogP contribution < -0.4 is 10.6 Å². The average Bonchev–Trinajstić information content (AvgIpc) is 2.82. The van der Waals surface area contributed by atoms with Crippen LogP contribution in [0.5, 0.6) is 0 Å². The third-order valence-electron chi connectivity index (χ3n) is 3.45. The first-order valence-corrected chi connectivity index (χ1v) is 5.59. The molecule has 1 aliphatic carbocycles. The summed E-state index contributed by atoms with van der Waals surface area (Å²) in [5.41, 5.74) is -1.19. The predicted octanol–water partition coefficient (Wildman–Crippen LogP) is -1.15. The summed E-state index contributed by atoms with van der Waals surface area (Å²) < 4.78 is 0. The molecule has 0 spiro atoms. The van der Waals surface area contributed by atoms with E-state index < -0.39 is 23.7 Å². The molecule has 2 aliphatic rings. The van der Waals surface area contributed by atoms with Gasteiger partial charge < -0.3 is 20.8 Å². The Morgan fingerprint density at radius 1 is 1.53 bits per heavy atom. The van der Waals surface area contributed by atoms with E-state index in [2.05, 4.69) is 17.2 Å². The molecule has 2 fully saturated rings. The maximum Gasteiger partial charge on any atom is 0.330 e. The molecule has 17 heavy (non-hydrogen) atoms. The molecule has 0 aromatic rings. The number of β-amino-alcohol motifs (C(OH)–C–C–N with tert-alkyl or cyclic N) is 1. The average molecular weight is 240 g/mol. The molecular formula is C11H16N2O4. The SMILES string of the molecule is C=C[C@H]1C[C@@]1(NC(=O)[C@@H]1C[C@@H](O)CN1)C(=O)O. The molecule has 0 aromatic carbocycles. The van der Waals surface area contributed by atoms with E-state index in [1.165, 1.54) is 0 Å². The minimum atomic E-state index is -1.19. The van der Waals surface area contributed by atoms with Crippen molar-refractivity contribution in [2.24, 2.45) is 5.92 Å². The number of aliphatic hydroxyl groups excluding tert-OH is 1. The Bertz CT molecular complexity index is 370. The second kappa shape index (κ2) is 4.12. The summed E-state index contributed by atoms with van der Waals surface area (Å²) in [6.45, 7) is 3.91. The molecule has 94 valence electrons. The van der Waals surface area contributed by atoms with Crippen LogP contribution in [-0.2, 0) is 9.59 Å². The Morgan fingerprint density at radius 2 is 2.24 bits per heavy atom. The smallest absolute Gasteiger partial charge is 0.330 e. The van der Waals surface area contributed by atoms with Gasteiger partial charge in [0.1, 0.15) is 5.54 Å². The number of aliphatic hydroxyl groups is 1. The number of amides is 1. The zero-order chi connectivity index (χ0) is 12.6. The zero-order valence-electron chi connectivity index (χ0n) is 9.35. The minimum Gasteiger partial charge on any atom is -0.479 e. The van der Waals surface area contributed by atoms with Crippen molar-refractivity contribution in [3.8, 4) is 0 Å². The van der Waals surface area contributed by atoms with Crippen LogP contribution in [0.25, 0.3) is 0 Å². The summed E-state index contributed by atoms with van der Waals surface area (Å²) in [6.07, 6.45) is 1.71. The van der Waals surface area contributed by atoms with Crippen molar-refractivity contribution < 1.29 is 19.8 Å². The Balaban J connectivity index is 1.98. The van der Waals surface area contributed by atoms with Gasteiger partial charge in [-0.1, -0.05) is 6.08 Å². The normalized spacial score (nSPS) is 39.7. The molecule has 0 aromatic heterocycles. The number of hydrogen-bond acceptors (Lipinski definition) is 4. The number of carboxylic acid groups (broad SMARTS) is 1. The molecule has 2 rings (SSSR count). The van der Waals surface area contributed by atoms with E-state index in [1.54, 1.807) is 6.08 Å². The van der Waals surface area contributed by atoms with Gasteiger partial charge in [-0.15, -0.1) is 6.58 Å². The van der Waals surface area contributed by atoms with Crippen LogP contribution in [0.1, 0.15) is 12.8 Å². The highest BCUT2D eigenvalue weighted by molar-refractivity contribution is 5.92. The van der Waals surface area contributed by atoms with Crippen molar-refractivity contribution in [2.75, 3.05) is 6.54 Å². The minimum absolute atomic E-state index is 0.213. The van der Waals surface area contributed by atoms with Gasteiger partial charge in [0.2, 0.25) is 5.91 Å². The van der Waals surface area contributed by atoms with Gasteiger partial charge in [0, 0.05) is 12.5 Å². The van der Waals surface area contributed by atoms with Crippen molar-refractivity contribution in [1.29, 1.82) is 0 Å². The van der Waals surface area contributed by atoms with Crippen molar-refractivity contribution in [2.45, 2.75) is 30.5 Å². The first-order chi connectivity index (χ1) is 7.99. The number of hydrogen-bond donors (Lipinski definition) is 4. The van der Waals surface area contributed by atoms with Crippen LogP contribution in [0.3, 0.4) is 0 Å². The van der Waals surface area contributed by atoms with E-state index in [0.29, 0.717) is 19.4 Å². The second-order valence-electron chi connectivity index (χ2n) is 4.66. The van der Waals surface area contributed by atoms with Gasteiger partial charge in [0.05, 0.1) is 12.1 Å². The molecule has 0 unspecified atom stereocenters. The van der Waals surface area contributed by atoms with Gasteiger partial charge in [-0.2, -0.15) is 0 Å². The topological polar surface area (TPSA) is 98.7 Å². The van der Waals surface area contributed by atoms with Crippen LogP contribution in [0.2, 0.25) is 0 Å². The molecular weight excluding hydrogens is 224 g/mol. The summed E-state index contributed by atoms with van der Waals surface area (Å²) in [4.78, 5) is 23.0. The third kappa shape index (κ3) is 2.05. The van der Waals surface area contributed by atoms with Crippen molar-refractivity contribution in [3.05, 3.63) is 12.7 Å². The van der Waals surface area contributed by atoms with Crippen LogP contribution >= 0.6 is 0 Å². The lowest BCUT2D eigenvalue weighted by atomic mass is 10.1. The standard InChI is InChI=1S/C11H16N2O4/c1-2-6-4-11(6,10(16)17)13-9(15)8-3-7(14)5-12-8/h2,6-8,12,14H,1,3-5H2,(H,13,15)(H,16,17)/t6-,7+,8-,11-/m0/s1. The Hall–Kier alpha value is -1.40. The third-order valence-corrected chi connectivity index (χ3v) is 3.45. The lowest BCUT2D eigenvalue weighted by molar-refractivity contribution is -0.143. The molecule has 4 N–H and O–H groups in total. The highest BCUT2D eigenvalue weighted by Gasteiger charge is 2.60. The number of rotatable bonds is 4. The van der Waals surface area contributed by atoms with E-state index in [9.17, 15) is 14.7 Å². The summed E-state index contributed by atoms with van der Waals surface area (Å²) in [7, 11) is 0. The highest BCUT2D eigenvalue weighted by Crippen LogP contribution is 2.44. The zero-order valence-corrected chi connectivity index (χ0v) is 9.35. The first-order valence-electron chi connectivity index (χ1n) is 5.59. The van der Waals surface area contributed by atoms with Crippen molar-refractivity contribution in [3.63, 3.8) is 0 Å². The van der Waals surface area contributed by atoms with Crippen LogP contribution in [0.15, 0.2) is 12.7 Å². The van der Waals surface area contributed by atoms with Gasteiger partial charge in [-0.05, 0) is 12.8 Å². The maximum atomic E-state index is 11.8. The van der Waals surface area contributed by atoms with Gasteiger partial charge in [0.15, 0.2) is 0 Å². The lowest BCUT2D eigenvalue weighted by Gasteiger charge is -2.17.